The minimum absolute atomic E-state index is 0.0476. The van der Waals surface area contributed by atoms with E-state index < -0.39 is 11.0 Å². The molecule has 0 bridgehead atoms. The van der Waals surface area contributed by atoms with Crippen LogP contribution >= 0.6 is 0 Å². The van der Waals surface area contributed by atoms with Crippen molar-refractivity contribution in [1.82, 2.24) is 9.80 Å². The van der Waals surface area contributed by atoms with E-state index in [1.807, 2.05) is 32.0 Å². The fourth-order valence-corrected chi connectivity index (χ4v) is 4.05. The molecule has 1 amide bonds. The van der Waals surface area contributed by atoms with E-state index in [-0.39, 0.29) is 22.8 Å². The molecule has 0 fully saturated rings. The number of aryl methyl sites for hydroxylation is 1. The zero-order chi connectivity index (χ0) is 22.3. The van der Waals surface area contributed by atoms with Crippen molar-refractivity contribution in [3.8, 4) is 0 Å². The summed E-state index contributed by atoms with van der Waals surface area (Å²) in [6, 6.07) is 10.6. The first-order valence-electron chi connectivity index (χ1n) is 10.1. The topological polar surface area (TPSA) is 96.9 Å². The van der Waals surface area contributed by atoms with Crippen molar-refractivity contribution in [2.24, 2.45) is 0 Å². The quantitative estimate of drug-likeness (QED) is 0.446. The Morgan fingerprint density at radius 1 is 1.13 bits per heavy atom. The predicted molar refractivity (Wildman–Crippen MR) is 116 cm³/mol. The summed E-state index contributed by atoms with van der Waals surface area (Å²) in [4.78, 5) is 41.0. The maximum atomic E-state index is 13.4. The molecule has 0 saturated heterocycles. The Morgan fingerprint density at radius 3 is 2.48 bits per heavy atom. The first-order valence-corrected chi connectivity index (χ1v) is 10.1. The first-order chi connectivity index (χ1) is 14.8. The molecular weight excluding hydrogens is 398 g/mol. The number of nitro groups is 1. The second-order valence-corrected chi connectivity index (χ2v) is 8.08. The van der Waals surface area contributed by atoms with E-state index in [0.29, 0.717) is 35.1 Å². The Labute approximate surface area is 178 Å². The number of carbonyl (C=O) groups excluding carboxylic acids is 1. The molecule has 0 radical (unpaired) electrons. The van der Waals surface area contributed by atoms with Gasteiger partial charge < -0.3 is 14.2 Å². The lowest BCUT2D eigenvalue weighted by Gasteiger charge is -2.25. The Balaban J connectivity index is 1.87. The van der Waals surface area contributed by atoms with Gasteiger partial charge in [0.05, 0.1) is 21.9 Å². The number of nitrogens with zero attached hydrogens (tertiary/aromatic N) is 3. The summed E-state index contributed by atoms with van der Waals surface area (Å²) in [5, 5.41) is 11.5. The van der Waals surface area contributed by atoms with Gasteiger partial charge in [0.25, 0.3) is 11.6 Å². The van der Waals surface area contributed by atoms with Gasteiger partial charge in [0, 0.05) is 18.7 Å². The van der Waals surface area contributed by atoms with Crippen molar-refractivity contribution in [1.29, 1.82) is 0 Å². The van der Waals surface area contributed by atoms with Crippen molar-refractivity contribution in [3.05, 3.63) is 85.3 Å². The Hall–Kier alpha value is -3.52. The van der Waals surface area contributed by atoms with E-state index in [2.05, 4.69) is 0 Å². The summed E-state index contributed by atoms with van der Waals surface area (Å²) in [5.41, 5.74) is 1.93. The number of carbonyl (C=O) groups is 1. The van der Waals surface area contributed by atoms with E-state index in [0.717, 1.165) is 12.1 Å². The third kappa shape index (κ3) is 3.70. The number of amides is 1. The van der Waals surface area contributed by atoms with Crippen molar-refractivity contribution >= 4 is 22.6 Å². The zero-order valence-electron chi connectivity index (χ0n) is 17.6. The first kappa shape index (κ1) is 20.7. The highest BCUT2D eigenvalue weighted by Gasteiger charge is 2.42. The van der Waals surface area contributed by atoms with Crippen LogP contribution in [0.2, 0.25) is 0 Å². The third-order valence-electron chi connectivity index (χ3n) is 5.55. The minimum Gasteiger partial charge on any atom is -0.450 e. The molecule has 160 valence electrons. The van der Waals surface area contributed by atoms with Crippen LogP contribution in [0.3, 0.4) is 0 Å². The summed E-state index contributed by atoms with van der Waals surface area (Å²) >= 11 is 0. The largest absolute Gasteiger partial charge is 0.450 e. The second kappa shape index (κ2) is 7.96. The molecule has 3 aromatic rings. The molecule has 8 heteroatoms. The molecule has 1 aliphatic rings. The van der Waals surface area contributed by atoms with E-state index in [4.69, 9.17) is 4.42 Å². The van der Waals surface area contributed by atoms with Crippen LogP contribution in [0.1, 0.15) is 39.7 Å². The van der Waals surface area contributed by atoms with Crippen LogP contribution in [0.4, 0.5) is 5.69 Å². The normalized spacial score (nSPS) is 15.7. The van der Waals surface area contributed by atoms with Crippen LogP contribution in [-0.2, 0) is 0 Å². The molecule has 2 heterocycles. The molecule has 0 spiro atoms. The Bertz CT molecular complexity index is 1230. The number of fused-ring (bicyclic) bond motifs is 2. The minimum atomic E-state index is -0.647. The highest BCUT2D eigenvalue weighted by Crippen LogP contribution is 2.38. The molecule has 0 saturated carbocycles. The van der Waals surface area contributed by atoms with Gasteiger partial charge in [0.1, 0.15) is 5.58 Å². The van der Waals surface area contributed by atoms with E-state index in [9.17, 15) is 19.7 Å². The molecular formula is C23H23N3O5. The van der Waals surface area contributed by atoms with Crippen LogP contribution in [0.25, 0.3) is 11.0 Å². The van der Waals surface area contributed by atoms with Gasteiger partial charge in [0.2, 0.25) is 5.76 Å². The number of nitro benzene ring substituents is 1. The van der Waals surface area contributed by atoms with Gasteiger partial charge in [-0.2, -0.15) is 0 Å². The van der Waals surface area contributed by atoms with Gasteiger partial charge >= 0.3 is 0 Å². The predicted octanol–water partition coefficient (Wildman–Crippen LogP) is 3.51. The van der Waals surface area contributed by atoms with Crippen molar-refractivity contribution in [2.75, 3.05) is 27.2 Å². The maximum absolute atomic E-state index is 13.4. The van der Waals surface area contributed by atoms with Crippen LogP contribution in [0.5, 0.6) is 0 Å². The van der Waals surface area contributed by atoms with Crippen LogP contribution in [0.15, 0.2) is 51.7 Å². The van der Waals surface area contributed by atoms with E-state index >= 15 is 0 Å². The Morgan fingerprint density at radius 2 is 1.84 bits per heavy atom. The molecule has 1 aliphatic heterocycles. The van der Waals surface area contributed by atoms with Crippen molar-refractivity contribution in [3.63, 3.8) is 0 Å². The Kier molecular flexibility index (Phi) is 5.32. The van der Waals surface area contributed by atoms with E-state index in [1.54, 1.807) is 29.2 Å². The lowest BCUT2D eigenvalue weighted by molar-refractivity contribution is -0.384. The maximum Gasteiger partial charge on any atom is 0.290 e. The monoisotopic (exact) mass is 421 g/mol. The van der Waals surface area contributed by atoms with Gasteiger partial charge in [-0.25, -0.2) is 0 Å². The van der Waals surface area contributed by atoms with Gasteiger partial charge in [0.15, 0.2) is 5.43 Å². The molecule has 0 aliphatic carbocycles. The summed E-state index contributed by atoms with van der Waals surface area (Å²) < 4.78 is 5.91. The molecule has 31 heavy (non-hydrogen) atoms. The lowest BCUT2D eigenvalue weighted by atomic mass is 9.98. The number of benzene rings is 2. The third-order valence-corrected chi connectivity index (χ3v) is 5.55. The molecule has 1 unspecified atom stereocenters. The summed E-state index contributed by atoms with van der Waals surface area (Å²) in [6.07, 6.45) is 0.711. The summed E-state index contributed by atoms with van der Waals surface area (Å²) in [7, 11) is 3.91. The van der Waals surface area contributed by atoms with Crippen molar-refractivity contribution < 1.29 is 14.1 Å². The van der Waals surface area contributed by atoms with Gasteiger partial charge in [-0.1, -0.05) is 11.6 Å². The average Bonchev–Trinajstić information content (AvgIpc) is 3.01. The highest BCUT2D eigenvalue weighted by atomic mass is 16.6. The number of non-ortho nitro benzene ring substituents is 1. The van der Waals surface area contributed by atoms with Crippen LogP contribution in [0, 0.1) is 17.0 Å². The fourth-order valence-electron chi connectivity index (χ4n) is 4.05. The second-order valence-electron chi connectivity index (χ2n) is 8.08. The fraction of sp³-hybridized carbons (Fsp3) is 0.304. The summed E-state index contributed by atoms with van der Waals surface area (Å²) in [5.74, 6) is -0.286. The highest BCUT2D eigenvalue weighted by molar-refractivity contribution is 5.99. The smallest absolute Gasteiger partial charge is 0.290 e. The molecule has 2 aromatic carbocycles. The zero-order valence-corrected chi connectivity index (χ0v) is 17.6. The molecule has 4 rings (SSSR count). The average molecular weight is 421 g/mol. The van der Waals surface area contributed by atoms with Crippen LogP contribution < -0.4 is 5.43 Å². The number of hydrogen-bond acceptors (Lipinski definition) is 6. The standard InChI is InChI=1S/C23H23N3O5/c1-14-5-10-18-17(13-14)21(27)19-20(15-6-8-16(9-7-15)26(29)30)25(12-4-11-24(2)3)23(28)22(19)31-18/h5-10,13,20H,4,11-12H2,1-3H3. The molecule has 0 N–H and O–H groups in total. The van der Waals surface area contributed by atoms with E-state index in [1.165, 1.54) is 12.1 Å². The van der Waals surface area contributed by atoms with Crippen molar-refractivity contribution in [2.45, 2.75) is 19.4 Å². The summed E-state index contributed by atoms with van der Waals surface area (Å²) in [6.45, 7) is 3.09. The van der Waals surface area contributed by atoms with Crippen LogP contribution in [-0.4, -0.2) is 47.8 Å². The van der Waals surface area contributed by atoms with Gasteiger partial charge in [-0.05, 0) is 63.8 Å². The molecule has 1 aromatic heterocycles. The number of hydrogen-bond donors (Lipinski definition) is 0. The molecule has 8 nitrogen and oxygen atoms in total. The van der Waals surface area contributed by atoms with Gasteiger partial charge in [-0.3, -0.25) is 19.7 Å². The van der Waals surface area contributed by atoms with Gasteiger partial charge in [-0.15, -0.1) is 0 Å². The lowest BCUT2D eigenvalue weighted by Crippen LogP contribution is -2.32. The number of rotatable bonds is 6. The SMILES string of the molecule is Cc1ccc2oc3c(c(=O)c2c1)C(c1ccc([N+](=O)[O-])cc1)N(CCCN(C)C)C3=O. The molecule has 1 atom stereocenters.